The zero-order valence-electron chi connectivity index (χ0n) is 21.2. The number of hydrogen-bond acceptors (Lipinski definition) is 3. The van der Waals surface area contributed by atoms with E-state index in [1.165, 1.54) is 0 Å². The Balaban J connectivity index is 1.88. The number of nitrogens with zero attached hydrogens (tertiary/aromatic N) is 2. The third kappa shape index (κ3) is 4.77. The van der Waals surface area contributed by atoms with Crippen molar-refractivity contribution >= 4 is 12.2 Å². The van der Waals surface area contributed by atoms with Crippen LogP contribution in [0.25, 0.3) is 0 Å². The van der Waals surface area contributed by atoms with E-state index in [2.05, 4.69) is 44.7 Å². The van der Waals surface area contributed by atoms with Crippen molar-refractivity contribution in [3.05, 3.63) is 100 Å². The Hall–Kier alpha value is -4.28. The molecule has 4 rings (SSSR count). The second-order valence-corrected chi connectivity index (χ2v) is 9.78. The van der Waals surface area contributed by atoms with Gasteiger partial charge in [-0.2, -0.15) is 0 Å². The zero-order valence-corrected chi connectivity index (χ0v) is 21.2. The molecule has 0 saturated heterocycles. The summed E-state index contributed by atoms with van der Waals surface area (Å²) in [6, 6.07) is 20.9. The van der Waals surface area contributed by atoms with Crippen LogP contribution in [-0.4, -0.2) is 23.8 Å². The molecular weight excluding hydrogens is 444 g/mol. The van der Waals surface area contributed by atoms with E-state index in [-0.39, 0.29) is 17.5 Å². The molecule has 1 aliphatic heterocycles. The lowest BCUT2D eigenvalue weighted by Gasteiger charge is -2.27. The van der Waals surface area contributed by atoms with E-state index >= 15 is 0 Å². The van der Waals surface area contributed by atoms with Gasteiger partial charge in [-0.1, -0.05) is 62.9 Å². The van der Waals surface area contributed by atoms with Crippen LogP contribution in [0.2, 0.25) is 0 Å². The average Bonchev–Trinajstić information content (AvgIpc) is 3.27. The first kappa shape index (κ1) is 24.8. The smallest absolute Gasteiger partial charge is 0.215 e. The van der Waals surface area contributed by atoms with Crippen molar-refractivity contribution < 1.29 is 9.53 Å². The molecule has 180 valence electrons. The Morgan fingerprint density at radius 3 is 2.03 bits per heavy atom. The standard InChI is InChI=1S/C32H30N2O2/c1-7-22-10-14-24(15-11-22)29-30(25-16-12-23(8-2)13-17-25)34(21-35)31(33-29)27-19-18-26(32(4,5)6)20-28(27)36-9-3/h1-2,10-21,29-30H,9H2,3-6H3/t29-,30+/m0/s1. The Labute approximate surface area is 214 Å². The first-order valence-corrected chi connectivity index (χ1v) is 12.0. The molecule has 0 spiro atoms. The molecule has 1 heterocycles. The molecule has 0 N–H and O–H groups in total. The van der Waals surface area contributed by atoms with E-state index in [4.69, 9.17) is 22.6 Å². The molecule has 0 fully saturated rings. The van der Waals surface area contributed by atoms with Gasteiger partial charge in [0, 0.05) is 11.1 Å². The number of carbonyl (C=O) groups is 1. The molecule has 0 radical (unpaired) electrons. The van der Waals surface area contributed by atoms with E-state index < -0.39 is 0 Å². The van der Waals surface area contributed by atoms with Gasteiger partial charge in [-0.05, 0) is 65.4 Å². The predicted octanol–water partition coefficient (Wildman–Crippen LogP) is 6.05. The van der Waals surface area contributed by atoms with Crippen LogP contribution in [0, 0.1) is 24.7 Å². The number of amidine groups is 1. The van der Waals surface area contributed by atoms with Gasteiger partial charge in [0.25, 0.3) is 0 Å². The summed E-state index contributed by atoms with van der Waals surface area (Å²) in [4.78, 5) is 19.4. The third-order valence-corrected chi connectivity index (χ3v) is 6.44. The van der Waals surface area contributed by atoms with Gasteiger partial charge in [0.15, 0.2) is 0 Å². The van der Waals surface area contributed by atoms with Gasteiger partial charge in [0.2, 0.25) is 6.41 Å². The van der Waals surface area contributed by atoms with E-state index in [0.717, 1.165) is 39.8 Å². The lowest BCUT2D eigenvalue weighted by Crippen LogP contribution is -2.31. The van der Waals surface area contributed by atoms with E-state index in [0.29, 0.717) is 18.2 Å². The number of benzene rings is 3. The molecule has 4 heteroatoms. The number of carbonyl (C=O) groups excluding carboxylic acids is 1. The molecule has 4 nitrogen and oxygen atoms in total. The summed E-state index contributed by atoms with van der Waals surface area (Å²) in [5.74, 6) is 6.59. The summed E-state index contributed by atoms with van der Waals surface area (Å²) in [7, 11) is 0. The molecule has 36 heavy (non-hydrogen) atoms. The fraction of sp³-hybridized carbons (Fsp3) is 0.250. The Morgan fingerprint density at radius 2 is 1.53 bits per heavy atom. The Bertz CT molecular complexity index is 1360. The van der Waals surface area contributed by atoms with Crippen LogP contribution in [0.15, 0.2) is 71.7 Å². The zero-order chi connectivity index (χ0) is 25.9. The summed E-state index contributed by atoms with van der Waals surface area (Å²) in [5, 5.41) is 0. The molecular formula is C32H30N2O2. The van der Waals surface area contributed by atoms with Gasteiger partial charge >= 0.3 is 0 Å². The first-order valence-electron chi connectivity index (χ1n) is 12.0. The van der Waals surface area contributed by atoms with Crippen LogP contribution >= 0.6 is 0 Å². The number of terminal acetylenes is 2. The fourth-order valence-corrected chi connectivity index (χ4v) is 4.48. The van der Waals surface area contributed by atoms with Gasteiger partial charge in [0.1, 0.15) is 17.6 Å². The SMILES string of the molecule is C#Cc1ccc([C@@H]2[C@H](c3ccc(C#C)cc3)N=C(c3ccc(C(C)(C)C)cc3OCC)N2C=O)cc1. The maximum absolute atomic E-state index is 12.6. The maximum Gasteiger partial charge on any atom is 0.215 e. The largest absolute Gasteiger partial charge is 0.493 e. The van der Waals surface area contributed by atoms with Gasteiger partial charge in [-0.15, -0.1) is 12.8 Å². The van der Waals surface area contributed by atoms with Crippen LogP contribution in [0.4, 0.5) is 0 Å². The average molecular weight is 475 g/mol. The van der Waals surface area contributed by atoms with Crippen LogP contribution < -0.4 is 4.74 Å². The van der Waals surface area contributed by atoms with Crippen LogP contribution in [0.5, 0.6) is 5.75 Å². The molecule has 0 unspecified atom stereocenters. The highest BCUT2D eigenvalue weighted by Crippen LogP contribution is 2.44. The topological polar surface area (TPSA) is 41.9 Å². The van der Waals surface area contributed by atoms with Crippen LogP contribution in [0.3, 0.4) is 0 Å². The maximum atomic E-state index is 12.6. The lowest BCUT2D eigenvalue weighted by atomic mass is 9.86. The van der Waals surface area contributed by atoms with Gasteiger partial charge < -0.3 is 4.74 Å². The number of amides is 1. The summed E-state index contributed by atoms with van der Waals surface area (Å²) in [6.07, 6.45) is 12.0. The summed E-state index contributed by atoms with van der Waals surface area (Å²) < 4.78 is 6.05. The summed E-state index contributed by atoms with van der Waals surface area (Å²) in [6.45, 7) is 8.94. The second-order valence-electron chi connectivity index (χ2n) is 9.78. The van der Waals surface area contributed by atoms with Crippen molar-refractivity contribution in [2.45, 2.75) is 45.2 Å². The van der Waals surface area contributed by atoms with Crippen molar-refractivity contribution in [3.63, 3.8) is 0 Å². The lowest BCUT2D eigenvalue weighted by molar-refractivity contribution is -0.116. The molecule has 3 aromatic carbocycles. The van der Waals surface area contributed by atoms with Crippen molar-refractivity contribution in [1.82, 2.24) is 4.90 Å². The molecule has 3 aromatic rings. The first-order chi connectivity index (χ1) is 17.3. The monoisotopic (exact) mass is 474 g/mol. The van der Waals surface area contributed by atoms with Crippen LogP contribution in [0.1, 0.15) is 73.2 Å². The number of ether oxygens (including phenoxy) is 1. The molecule has 0 aliphatic carbocycles. The molecule has 0 bridgehead atoms. The minimum absolute atomic E-state index is 0.0468. The second kappa shape index (κ2) is 10.1. The molecule has 1 aliphatic rings. The fourth-order valence-electron chi connectivity index (χ4n) is 4.48. The van der Waals surface area contributed by atoms with Crippen molar-refractivity contribution in [2.75, 3.05) is 6.61 Å². The molecule has 2 atom stereocenters. The van der Waals surface area contributed by atoms with Gasteiger partial charge in [-0.25, -0.2) is 0 Å². The van der Waals surface area contributed by atoms with E-state index in [1.807, 2.05) is 61.5 Å². The highest BCUT2D eigenvalue weighted by molar-refractivity contribution is 6.07. The van der Waals surface area contributed by atoms with Crippen molar-refractivity contribution in [2.24, 2.45) is 4.99 Å². The normalized spacial score (nSPS) is 17.2. The molecule has 0 aromatic heterocycles. The number of aliphatic imine (C=N–C) groups is 1. The molecule has 0 saturated carbocycles. The van der Waals surface area contributed by atoms with Gasteiger partial charge in [-0.3, -0.25) is 14.7 Å². The minimum Gasteiger partial charge on any atom is -0.493 e. The van der Waals surface area contributed by atoms with Gasteiger partial charge in [0.05, 0.1) is 18.2 Å². The highest BCUT2D eigenvalue weighted by Gasteiger charge is 2.39. The van der Waals surface area contributed by atoms with Crippen LogP contribution in [-0.2, 0) is 10.2 Å². The Kier molecular flexibility index (Phi) is 7.00. The quantitative estimate of drug-likeness (QED) is 0.323. The minimum atomic E-state index is -0.349. The van der Waals surface area contributed by atoms with Crippen molar-refractivity contribution in [1.29, 1.82) is 0 Å². The molecule has 1 amide bonds. The van der Waals surface area contributed by atoms with E-state index in [1.54, 1.807) is 4.90 Å². The third-order valence-electron chi connectivity index (χ3n) is 6.44. The van der Waals surface area contributed by atoms with E-state index in [9.17, 15) is 4.79 Å². The summed E-state index contributed by atoms with van der Waals surface area (Å²) in [5.41, 5.74) is 5.36. The summed E-state index contributed by atoms with van der Waals surface area (Å²) >= 11 is 0. The predicted molar refractivity (Wildman–Crippen MR) is 145 cm³/mol. The number of rotatable bonds is 6. The van der Waals surface area contributed by atoms with Crippen molar-refractivity contribution in [3.8, 4) is 30.4 Å². The number of hydrogen-bond donors (Lipinski definition) is 0. The highest BCUT2D eigenvalue weighted by atomic mass is 16.5. The Morgan fingerprint density at radius 1 is 0.944 bits per heavy atom.